The lowest BCUT2D eigenvalue weighted by molar-refractivity contribution is 0.0773. The molecule has 0 bridgehead atoms. The largest absolute Gasteiger partial charge is 0.339 e. The molecule has 0 atom stereocenters. The van der Waals surface area contributed by atoms with Gasteiger partial charge in [0.15, 0.2) is 0 Å². The highest BCUT2D eigenvalue weighted by molar-refractivity contribution is 7.14. The molecule has 2 aromatic rings. The van der Waals surface area contributed by atoms with E-state index in [1.807, 2.05) is 26.8 Å². The molecule has 1 aromatic heterocycles. The van der Waals surface area contributed by atoms with Gasteiger partial charge < -0.3 is 10.2 Å². The highest BCUT2D eigenvalue weighted by atomic mass is 32.1. The van der Waals surface area contributed by atoms with Gasteiger partial charge in [0.05, 0.1) is 4.88 Å². The van der Waals surface area contributed by atoms with Crippen LogP contribution in [0.25, 0.3) is 0 Å². The predicted molar refractivity (Wildman–Crippen MR) is 100 cm³/mol. The van der Waals surface area contributed by atoms with Crippen molar-refractivity contribution < 1.29 is 9.59 Å². The van der Waals surface area contributed by atoms with Gasteiger partial charge in [-0.2, -0.15) is 0 Å². The van der Waals surface area contributed by atoms with E-state index in [2.05, 4.69) is 12.2 Å². The summed E-state index contributed by atoms with van der Waals surface area (Å²) in [4.78, 5) is 28.3. The van der Waals surface area contributed by atoms with Crippen molar-refractivity contribution in [3.8, 4) is 0 Å². The number of hydrogen-bond donors (Lipinski definition) is 1. The topological polar surface area (TPSA) is 49.4 Å². The van der Waals surface area contributed by atoms with Gasteiger partial charge in [0.2, 0.25) is 0 Å². The van der Waals surface area contributed by atoms with Gasteiger partial charge in [-0.1, -0.05) is 6.92 Å². The summed E-state index contributed by atoms with van der Waals surface area (Å²) in [5.74, 6) is -0.0926. The number of benzene rings is 1. The van der Waals surface area contributed by atoms with E-state index in [1.54, 1.807) is 29.2 Å². The minimum absolute atomic E-state index is 0.0133. The SMILES string of the molecule is CCc1sc(C(=O)Nc2ccc(C(=O)N(CC)CC)cc2)cc1C. The van der Waals surface area contributed by atoms with Crippen molar-refractivity contribution in [1.29, 1.82) is 0 Å². The van der Waals surface area contributed by atoms with Crippen molar-refractivity contribution in [1.82, 2.24) is 4.90 Å². The van der Waals surface area contributed by atoms with Crippen LogP contribution in [0, 0.1) is 6.92 Å². The van der Waals surface area contributed by atoms with E-state index in [1.165, 1.54) is 16.2 Å². The maximum Gasteiger partial charge on any atom is 0.265 e. The van der Waals surface area contributed by atoms with E-state index < -0.39 is 0 Å². The molecule has 0 radical (unpaired) electrons. The zero-order valence-corrected chi connectivity index (χ0v) is 15.5. The van der Waals surface area contributed by atoms with Crippen LogP contribution in [0.15, 0.2) is 30.3 Å². The van der Waals surface area contributed by atoms with Crippen LogP contribution >= 0.6 is 11.3 Å². The molecule has 0 unspecified atom stereocenters. The summed E-state index contributed by atoms with van der Waals surface area (Å²) in [5.41, 5.74) is 2.49. The van der Waals surface area contributed by atoms with Crippen LogP contribution in [-0.2, 0) is 6.42 Å². The summed E-state index contributed by atoms with van der Waals surface area (Å²) in [6, 6.07) is 8.99. The van der Waals surface area contributed by atoms with Crippen LogP contribution < -0.4 is 5.32 Å². The number of thiophene rings is 1. The van der Waals surface area contributed by atoms with Crippen LogP contribution in [0.3, 0.4) is 0 Å². The summed E-state index contributed by atoms with van der Waals surface area (Å²) < 4.78 is 0. The first kappa shape index (κ1) is 18.2. The van der Waals surface area contributed by atoms with Crippen molar-refractivity contribution in [2.75, 3.05) is 18.4 Å². The molecule has 4 nitrogen and oxygen atoms in total. The van der Waals surface area contributed by atoms with Crippen LogP contribution in [0.2, 0.25) is 0 Å². The Morgan fingerprint density at radius 1 is 1.08 bits per heavy atom. The van der Waals surface area contributed by atoms with Gasteiger partial charge in [0, 0.05) is 29.2 Å². The molecule has 0 saturated heterocycles. The van der Waals surface area contributed by atoms with Gasteiger partial charge in [-0.15, -0.1) is 11.3 Å². The molecule has 1 heterocycles. The standard InChI is InChI=1S/C19H24N2O2S/c1-5-16-13(4)12-17(24-16)18(22)20-15-10-8-14(9-11-15)19(23)21(6-2)7-3/h8-12H,5-7H2,1-4H3,(H,20,22). The zero-order valence-electron chi connectivity index (χ0n) is 14.7. The Morgan fingerprint density at radius 3 is 2.21 bits per heavy atom. The second-order valence-electron chi connectivity index (χ2n) is 5.58. The number of carbonyl (C=O) groups excluding carboxylic acids is 2. The maximum absolute atomic E-state index is 12.3. The first-order chi connectivity index (χ1) is 11.5. The number of nitrogens with one attached hydrogen (secondary N) is 1. The molecule has 0 aliphatic heterocycles. The molecular formula is C19H24N2O2S. The quantitative estimate of drug-likeness (QED) is 0.847. The normalized spacial score (nSPS) is 10.5. The molecule has 2 amide bonds. The minimum atomic E-state index is -0.106. The molecule has 1 N–H and O–H groups in total. The monoisotopic (exact) mass is 344 g/mol. The predicted octanol–water partition coefficient (Wildman–Crippen LogP) is 4.35. The Bertz CT molecular complexity index is 715. The lowest BCUT2D eigenvalue weighted by Crippen LogP contribution is -2.30. The zero-order chi connectivity index (χ0) is 17.7. The summed E-state index contributed by atoms with van der Waals surface area (Å²) in [7, 11) is 0. The smallest absolute Gasteiger partial charge is 0.265 e. The Morgan fingerprint density at radius 2 is 1.71 bits per heavy atom. The van der Waals surface area contributed by atoms with Gasteiger partial charge in [-0.3, -0.25) is 9.59 Å². The van der Waals surface area contributed by atoms with E-state index >= 15 is 0 Å². The van der Waals surface area contributed by atoms with Crippen LogP contribution in [0.1, 0.15) is 51.2 Å². The van der Waals surface area contributed by atoms with Gasteiger partial charge in [0.1, 0.15) is 0 Å². The third kappa shape index (κ3) is 4.03. The lowest BCUT2D eigenvalue weighted by atomic mass is 10.1. The third-order valence-corrected chi connectivity index (χ3v) is 5.39. The second-order valence-corrected chi connectivity index (χ2v) is 6.72. The Hall–Kier alpha value is -2.14. The van der Waals surface area contributed by atoms with Gasteiger partial charge in [0.25, 0.3) is 11.8 Å². The summed E-state index contributed by atoms with van der Waals surface area (Å²) in [5, 5.41) is 2.89. The van der Waals surface area contributed by atoms with Crippen molar-refractivity contribution >= 4 is 28.8 Å². The summed E-state index contributed by atoms with van der Waals surface area (Å²) >= 11 is 1.53. The van der Waals surface area contributed by atoms with Crippen molar-refractivity contribution in [2.24, 2.45) is 0 Å². The number of rotatable bonds is 6. The van der Waals surface area contributed by atoms with E-state index in [9.17, 15) is 9.59 Å². The number of carbonyl (C=O) groups is 2. The molecule has 2 rings (SSSR count). The van der Waals surface area contributed by atoms with Crippen LogP contribution in [0.4, 0.5) is 5.69 Å². The molecule has 0 spiro atoms. The number of amides is 2. The molecule has 1 aromatic carbocycles. The van der Waals surface area contributed by atoms with Crippen LogP contribution in [0.5, 0.6) is 0 Å². The molecule has 24 heavy (non-hydrogen) atoms. The van der Waals surface area contributed by atoms with Gasteiger partial charge in [-0.05, 0) is 63.1 Å². The van der Waals surface area contributed by atoms with Gasteiger partial charge >= 0.3 is 0 Å². The fourth-order valence-electron chi connectivity index (χ4n) is 2.56. The Labute approximate surface area is 147 Å². The van der Waals surface area contributed by atoms with Gasteiger partial charge in [-0.25, -0.2) is 0 Å². The van der Waals surface area contributed by atoms with Crippen LogP contribution in [-0.4, -0.2) is 29.8 Å². The molecule has 128 valence electrons. The first-order valence-electron chi connectivity index (χ1n) is 8.30. The average Bonchev–Trinajstić information content (AvgIpc) is 2.97. The van der Waals surface area contributed by atoms with Crippen molar-refractivity contribution in [2.45, 2.75) is 34.1 Å². The van der Waals surface area contributed by atoms with Crippen molar-refractivity contribution in [3.05, 3.63) is 51.2 Å². The van der Waals surface area contributed by atoms with E-state index in [4.69, 9.17) is 0 Å². The number of aryl methyl sites for hydroxylation is 2. The molecule has 0 saturated carbocycles. The average molecular weight is 344 g/mol. The maximum atomic E-state index is 12.3. The van der Waals surface area contributed by atoms with E-state index in [0.717, 1.165) is 12.0 Å². The van der Waals surface area contributed by atoms with E-state index in [-0.39, 0.29) is 11.8 Å². The molecular weight excluding hydrogens is 320 g/mol. The van der Waals surface area contributed by atoms with E-state index in [0.29, 0.717) is 29.2 Å². The minimum Gasteiger partial charge on any atom is -0.339 e. The highest BCUT2D eigenvalue weighted by Crippen LogP contribution is 2.23. The summed E-state index contributed by atoms with van der Waals surface area (Å²) in [6.45, 7) is 9.41. The summed E-state index contributed by atoms with van der Waals surface area (Å²) in [6.07, 6.45) is 0.936. The molecule has 0 fully saturated rings. The Kier molecular flexibility index (Phi) is 6.15. The lowest BCUT2D eigenvalue weighted by Gasteiger charge is -2.18. The fraction of sp³-hybridized carbons (Fsp3) is 0.368. The first-order valence-corrected chi connectivity index (χ1v) is 9.11. The third-order valence-electron chi connectivity index (χ3n) is 4.01. The number of hydrogen-bond acceptors (Lipinski definition) is 3. The molecule has 5 heteroatoms. The Balaban J connectivity index is 2.08. The number of anilines is 1. The second kappa shape index (κ2) is 8.11. The fourth-order valence-corrected chi connectivity index (χ4v) is 3.57. The molecule has 0 aliphatic carbocycles. The molecule has 0 aliphatic rings. The highest BCUT2D eigenvalue weighted by Gasteiger charge is 2.14. The number of nitrogens with zero attached hydrogens (tertiary/aromatic N) is 1. The van der Waals surface area contributed by atoms with Crippen molar-refractivity contribution in [3.63, 3.8) is 0 Å².